The number of nitrogens with one attached hydrogen (secondary N) is 1. The molecule has 1 amide bonds. The van der Waals surface area contributed by atoms with Gasteiger partial charge in [-0.3, -0.25) is 4.79 Å². The van der Waals surface area contributed by atoms with Crippen molar-refractivity contribution < 1.29 is 15.0 Å². The highest BCUT2D eigenvalue weighted by molar-refractivity contribution is 7.09. The van der Waals surface area contributed by atoms with Crippen LogP contribution in [0.4, 0.5) is 0 Å². The van der Waals surface area contributed by atoms with E-state index in [1.807, 2.05) is 17.5 Å². The fraction of sp³-hybridized carbons (Fsp3) is 0.545. The lowest BCUT2D eigenvalue weighted by Crippen LogP contribution is -2.51. The highest BCUT2D eigenvalue weighted by Gasteiger charge is 2.24. The lowest BCUT2D eigenvalue weighted by Gasteiger charge is -2.26. The Hall–Kier alpha value is -0.910. The number of thiophene rings is 1. The van der Waals surface area contributed by atoms with Crippen molar-refractivity contribution in [2.75, 3.05) is 13.2 Å². The van der Waals surface area contributed by atoms with Crippen molar-refractivity contribution >= 4 is 17.2 Å². The summed E-state index contributed by atoms with van der Waals surface area (Å²) >= 11 is 1.62. The predicted octanol–water partition coefficient (Wildman–Crippen LogP) is 0.540. The van der Waals surface area contributed by atoms with E-state index in [1.54, 1.807) is 18.3 Å². The zero-order valence-electron chi connectivity index (χ0n) is 9.27. The maximum absolute atomic E-state index is 11.5. The second kappa shape index (κ2) is 5.98. The first-order chi connectivity index (χ1) is 7.59. The summed E-state index contributed by atoms with van der Waals surface area (Å²) in [4.78, 5) is 12.7. The first-order valence-electron chi connectivity index (χ1n) is 5.15. The van der Waals surface area contributed by atoms with E-state index in [2.05, 4.69) is 5.32 Å². The third-order valence-corrected chi connectivity index (χ3v) is 3.25. The number of aliphatic hydroxyl groups excluding tert-OH is 2. The summed E-state index contributed by atoms with van der Waals surface area (Å²) in [7, 11) is 0. The van der Waals surface area contributed by atoms with Crippen molar-refractivity contribution in [1.82, 2.24) is 5.32 Å². The average molecular weight is 243 g/mol. The maximum atomic E-state index is 11.5. The number of amides is 1. The highest BCUT2D eigenvalue weighted by Crippen LogP contribution is 2.11. The Bertz CT molecular complexity index is 320. The van der Waals surface area contributed by atoms with Gasteiger partial charge >= 0.3 is 0 Å². The fourth-order valence-electron chi connectivity index (χ4n) is 1.22. The predicted molar refractivity (Wildman–Crippen MR) is 63.4 cm³/mol. The molecule has 0 saturated carbocycles. The molecule has 0 saturated heterocycles. The van der Waals surface area contributed by atoms with Gasteiger partial charge in [0.25, 0.3) is 0 Å². The molecule has 1 rings (SSSR count). The molecule has 0 spiro atoms. The van der Waals surface area contributed by atoms with Crippen LogP contribution in [0.15, 0.2) is 17.5 Å². The van der Waals surface area contributed by atoms with Crippen molar-refractivity contribution in [3.05, 3.63) is 22.4 Å². The van der Waals surface area contributed by atoms with Crippen LogP contribution in [-0.4, -0.2) is 34.9 Å². The number of hydrogen-bond donors (Lipinski definition) is 3. The van der Waals surface area contributed by atoms with Crippen molar-refractivity contribution in [2.45, 2.75) is 25.3 Å². The van der Waals surface area contributed by atoms with Gasteiger partial charge in [0, 0.05) is 11.3 Å². The van der Waals surface area contributed by atoms with Crippen molar-refractivity contribution in [1.29, 1.82) is 0 Å². The monoisotopic (exact) mass is 243 g/mol. The molecule has 1 aromatic rings. The molecule has 90 valence electrons. The standard InChI is InChI=1S/C11H17NO3S/c1-11(7-13,8-14)12-10(15)5-4-9-3-2-6-16-9/h2-3,6,13-14H,4-5,7-8H2,1H3,(H,12,15). The largest absolute Gasteiger partial charge is 0.394 e. The summed E-state index contributed by atoms with van der Waals surface area (Å²) < 4.78 is 0. The van der Waals surface area contributed by atoms with Crippen LogP contribution in [0.5, 0.6) is 0 Å². The number of carbonyl (C=O) groups excluding carboxylic acids is 1. The molecular weight excluding hydrogens is 226 g/mol. The third kappa shape index (κ3) is 3.92. The van der Waals surface area contributed by atoms with E-state index in [9.17, 15) is 4.79 Å². The smallest absolute Gasteiger partial charge is 0.220 e. The van der Waals surface area contributed by atoms with E-state index < -0.39 is 5.54 Å². The van der Waals surface area contributed by atoms with Crippen molar-refractivity contribution in [2.24, 2.45) is 0 Å². The van der Waals surface area contributed by atoms with E-state index in [4.69, 9.17) is 10.2 Å². The normalized spacial score (nSPS) is 11.4. The van der Waals surface area contributed by atoms with Crippen LogP contribution in [0.2, 0.25) is 0 Å². The number of aliphatic hydroxyl groups is 2. The molecule has 0 atom stereocenters. The number of rotatable bonds is 6. The topological polar surface area (TPSA) is 69.6 Å². The molecule has 0 unspecified atom stereocenters. The molecule has 0 aromatic carbocycles. The Balaban J connectivity index is 2.36. The van der Waals surface area contributed by atoms with Gasteiger partial charge < -0.3 is 15.5 Å². The van der Waals surface area contributed by atoms with Crippen LogP contribution >= 0.6 is 11.3 Å². The molecule has 16 heavy (non-hydrogen) atoms. The van der Waals surface area contributed by atoms with Gasteiger partial charge in [-0.2, -0.15) is 0 Å². The molecule has 0 aliphatic rings. The Kier molecular flexibility index (Phi) is 4.92. The van der Waals surface area contributed by atoms with Crippen LogP contribution in [0.1, 0.15) is 18.2 Å². The Labute approximate surface area is 98.9 Å². The number of carbonyl (C=O) groups is 1. The summed E-state index contributed by atoms with van der Waals surface area (Å²) in [6.07, 6.45) is 1.06. The molecule has 0 aliphatic heterocycles. The van der Waals surface area contributed by atoms with E-state index in [1.165, 1.54) is 0 Å². The molecular formula is C11H17NO3S. The van der Waals surface area contributed by atoms with E-state index >= 15 is 0 Å². The summed E-state index contributed by atoms with van der Waals surface area (Å²) in [6, 6.07) is 3.93. The summed E-state index contributed by atoms with van der Waals surface area (Å²) in [5.74, 6) is -0.154. The Morgan fingerprint density at radius 2 is 2.19 bits per heavy atom. The van der Waals surface area contributed by atoms with Gasteiger partial charge in [-0.25, -0.2) is 0 Å². The lowest BCUT2D eigenvalue weighted by molar-refractivity contribution is -0.124. The van der Waals surface area contributed by atoms with Gasteiger partial charge in [0.1, 0.15) is 0 Å². The highest BCUT2D eigenvalue weighted by atomic mass is 32.1. The zero-order valence-corrected chi connectivity index (χ0v) is 10.1. The van der Waals surface area contributed by atoms with Crippen LogP contribution in [0, 0.1) is 0 Å². The second-order valence-electron chi connectivity index (χ2n) is 4.00. The van der Waals surface area contributed by atoms with E-state index in [0.29, 0.717) is 12.8 Å². The minimum absolute atomic E-state index is 0.154. The molecule has 3 N–H and O–H groups in total. The van der Waals surface area contributed by atoms with E-state index in [-0.39, 0.29) is 19.1 Å². The summed E-state index contributed by atoms with van der Waals surface area (Å²) in [5, 5.41) is 22.6. The second-order valence-corrected chi connectivity index (χ2v) is 5.04. The van der Waals surface area contributed by atoms with Gasteiger partial charge in [0.2, 0.25) is 5.91 Å². The zero-order chi connectivity index (χ0) is 12.0. The Morgan fingerprint density at radius 1 is 1.50 bits per heavy atom. The fourth-order valence-corrected chi connectivity index (χ4v) is 1.93. The quantitative estimate of drug-likeness (QED) is 0.683. The lowest BCUT2D eigenvalue weighted by atomic mass is 10.1. The summed E-state index contributed by atoms with van der Waals surface area (Å²) in [5.41, 5.74) is -0.924. The molecule has 0 bridgehead atoms. The molecule has 0 radical (unpaired) electrons. The van der Waals surface area contributed by atoms with Crippen molar-refractivity contribution in [3.8, 4) is 0 Å². The van der Waals surface area contributed by atoms with E-state index in [0.717, 1.165) is 4.88 Å². The van der Waals surface area contributed by atoms with Gasteiger partial charge in [-0.05, 0) is 24.8 Å². The third-order valence-electron chi connectivity index (χ3n) is 2.32. The molecule has 1 aromatic heterocycles. The van der Waals surface area contributed by atoms with Crippen LogP contribution < -0.4 is 5.32 Å². The van der Waals surface area contributed by atoms with Gasteiger partial charge in [0.05, 0.1) is 18.8 Å². The first kappa shape index (κ1) is 13.2. The molecule has 5 heteroatoms. The summed E-state index contributed by atoms with van der Waals surface area (Å²) in [6.45, 7) is 1.07. The van der Waals surface area contributed by atoms with Gasteiger partial charge in [-0.1, -0.05) is 6.07 Å². The molecule has 4 nitrogen and oxygen atoms in total. The van der Waals surface area contributed by atoms with Gasteiger partial charge in [0.15, 0.2) is 0 Å². The minimum atomic E-state index is -0.924. The average Bonchev–Trinajstić information content (AvgIpc) is 2.79. The van der Waals surface area contributed by atoms with Crippen LogP contribution in [0.25, 0.3) is 0 Å². The van der Waals surface area contributed by atoms with Crippen molar-refractivity contribution in [3.63, 3.8) is 0 Å². The van der Waals surface area contributed by atoms with Crippen LogP contribution in [-0.2, 0) is 11.2 Å². The maximum Gasteiger partial charge on any atom is 0.220 e. The number of hydrogen-bond acceptors (Lipinski definition) is 4. The first-order valence-corrected chi connectivity index (χ1v) is 6.03. The number of aryl methyl sites for hydroxylation is 1. The SMILES string of the molecule is CC(CO)(CO)NC(=O)CCc1cccs1. The molecule has 0 fully saturated rings. The minimum Gasteiger partial charge on any atom is -0.394 e. The van der Waals surface area contributed by atoms with Gasteiger partial charge in [-0.15, -0.1) is 11.3 Å². The molecule has 0 aliphatic carbocycles. The van der Waals surface area contributed by atoms with Crippen LogP contribution in [0.3, 0.4) is 0 Å². The molecule has 1 heterocycles. The Morgan fingerprint density at radius 3 is 2.69 bits per heavy atom.